The van der Waals surface area contributed by atoms with E-state index in [9.17, 15) is 8.42 Å². The van der Waals surface area contributed by atoms with Gasteiger partial charge in [-0.15, -0.1) is 0 Å². The van der Waals surface area contributed by atoms with Crippen LogP contribution in [0.5, 0.6) is 0 Å². The molecule has 3 N–H and O–H groups in total. The Hall–Kier alpha value is -1.07. The molecule has 1 aromatic rings. The van der Waals surface area contributed by atoms with Gasteiger partial charge in [-0.3, -0.25) is 0 Å². The third kappa shape index (κ3) is 3.96. The van der Waals surface area contributed by atoms with Crippen LogP contribution in [0.2, 0.25) is 0 Å². The summed E-state index contributed by atoms with van der Waals surface area (Å²) in [5.74, 6) is 0.804. The van der Waals surface area contributed by atoms with E-state index >= 15 is 0 Å². The first-order valence-corrected chi connectivity index (χ1v) is 8.83. The van der Waals surface area contributed by atoms with Crippen LogP contribution in [0.4, 0.5) is 5.69 Å². The zero-order valence-corrected chi connectivity index (χ0v) is 12.9. The van der Waals surface area contributed by atoms with Crippen LogP contribution in [0.1, 0.15) is 44.1 Å². The Bertz CT molecular complexity index is 549. The van der Waals surface area contributed by atoms with Gasteiger partial charge in [0.15, 0.2) is 0 Å². The average Bonchev–Trinajstić information content (AvgIpc) is 2.91. The van der Waals surface area contributed by atoms with Gasteiger partial charge in [0.05, 0.1) is 4.90 Å². The SMILES string of the molecule is Cc1cc(S(=O)(=O)NCCCC2CCCC2)ccc1N. The summed E-state index contributed by atoms with van der Waals surface area (Å²) in [6.45, 7) is 2.33. The Labute approximate surface area is 121 Å². The molecule has 0 amide bonds. The molecule has 0 aliphatic heterocycles. The quantitative estimate of drug-likeness (QED) is 0.626. The maximum absolute atomic E-state index is 12.1. The van der Waals surface area contributed by atoms with Crippen LogP contribution in [0.25, 0.3) is 0 Å². The number of hydrogen-bond acceptors (Lipinski definition) is 3. The van der Waals surface area contributed by atoms with E-state index in [-0.39, 0.29) is 0 Å². The zero-order valence-electron chi connectivity index (χ0n) is 12.1. The van der Waals surface area contributed by atoms with Crippen molar-refractivity contribution in [2.45, 2.75) is 50.3 Å². The Balaban J connectivity index is 1.85. The van der Waals surface area contributed by atoms with E-state index in [2.05, 4.69) is 4.72 Å². The van der Waals surface area contributed by atoms with Crippen molar-refractivity contribution < 1.29 is 8.42 Å². The molecule has 1 fully saturated rings. The molecule has 0 bridgehead atoms. The summed E-state index contributed by atoms with van der Waals surface area (Å²) in [6, 6.07) is 4.82. The van der Waals surface area contributed by atoms with Crippen LogP contribution in [-0.4, -0.2) is 15.0 Å². The summed E-state index contributed by atoms with van der Waals surface area (Å²) < 4.78 is 27.0. The lowest BCUT2D eigenvalue weighted by Crippen LogP contribution is -2.25. The number of nitrogens with two attached hydrogens (primary N) is 1. The van der Waals surface area contributed by atoms with Crippen molar-refractivity contribution in [3.05, 3.63) is 23.8 Å². The largest absolute Gasteiger partial charge is 0.399 e. The van der Waals surface area contributed by atoms with E-state index in [1.54, 1.807) is 18.2 Å². The molecule has 1 aliphatic carbocycles. The molecular formula is C15H24N2O2S. The molecule has 0 unspecified atom stereocenters. The predicted octanol–water partition coefficient (Wildman–Crippen LogP) is 2.83. The topological polar surface area (TPSA) is 72.2 Å². The maximum atomic E-state index is 12.1. The van der Waals surface area contributed by atoms with Crippen molar-refractivity contribution in [3.8, 4) is 0 Å². The minimum atomic E-state index is -3.40. The Morgan fingerprint density at radius 3 is 2.65 bits per heavy atom. The summed E-state index contributed by atoms with van der Waals surface area (Å²) >= 11 is 0. The van der Waals surface area contributed by atoms with Gasteiger partial charge in [0.2, 0.25) is 10.0 Å². The van der Waals surface area contributed by atoms with E-state index < -0.39 is 10.0 Å². The highest BCUT2D eigenvalue weighted by molar-refractivity contribution is 7.89. The number of anilines is 1. The first-order valence-electron chi connectivity index (χ1n) is 7.35. The Kier molecular flexibility index (Phi) is 5.05. The third-order valence-electron chi connectivity index (χ3n) is 4.11. The minimum Gasteiger partial charge on any atom is -0.399 e. The smallest absolute Gasteiger partial charge is 0.240 e. The van der Waals surface area contributed by atoms with E-state index in [4.69, 9.17) is 5.73 Å². The molecule has 4 nitrogen and oxygen atoms in total. The summed E-state index contributed by atoms with van der Waals surface area (Å²) in [5.41, 5.74) is 7.11. The van der Waals surface area contributed by atoms with Crippen molar-refractivity contribution in [1.82, 2.24) is 4.72 Å². The van der Waals surface area contributed by atoms with Crippen LogP contribution >= 0.6 is 0 Å². The molecule has 0 spiro atoms. The number of benzene rings is 1. The van der Waals surface area contributed by atoms with Crippen LogP contribution in [-0.2, 0) is 10.0 Å². The molecular weight excluding hydrogens is 272 g/mol. The predicted molar refractivity (Wildman–Crippen MR) is 82.0 cm³/mol. The minimum absolute atomic E-state index is 0.296. The highest BCUT2D eigenvalue weighted by Gasteiger charge is 2.16. The fourth-order valence-corrected chi connectivity index (χ4v) is 3.95. The molecule has 0 radical (unpaired) electrons. The zero-order chi connectivity index (χ0) is 14.6. The second kappa shape index (κ2) is 6.59. The van der Waals surface area contributed by atoms with E-state index in [0.717, 1.165) is 24.3 Å². The fourth-order valence-electron chi connectivity index (χ4n) is 2.79. The van der Waals surface area contributed by atoms with Gasteiger partial charge < -0.3 is 5.73 Å². The van der Waals surface area contributed by atoms with Gasteiger partial charge in [-0.2, -0.15) is 0 Å². The monoisotopic (exact) mass is 296 g/mol. The molecule has 112 valence electrons. The fraction of sp³-hybridized carbons (Fsp3) is 0.600. The number of aryl methyl sites for hydroxylation is 1. The number of rotatable bonds is 6. The molecule has 2 rings (SSSR count). The lowest BCUT2D eigenvalue weighted by atomic mass is 10.0. The second-order valence-corrected chi connectivity index (χ2v) is 7.48. The van der Waals surface area contributed by atoms with Gasteiger partial charge >= 0.3 is 0 Å². The molecule has 5 heteroatoms. The number of sulfonamides is 1. The summed E-state index contributed by atoms with van der Waals surface area (Å²) in [5, 5.41) is 0. The van der Waals surface area contributed by atoms with Crippen LogP contribution in [0.15, 0.2) is 23.1 Å². The standard InChI is InChI=1S/C15H24N2O2S/c1-12-11-14(8-9-15(12)16)20(18,19)17-10-4-7-13-5-2-3-6-13/h8-9,11,13,17H,2-7,10,16H2,1H3. The second-order valence-electron chi connectivity index (χ2n) is 5.71. The van der Waals surface area contributed by atoms with Gasteiger partial charge in [-0.05, 0) is 49.4 Å². The van der Waals surface area contributed by atoms with Crippen molar-refractivity contribution in [2.24, 2.45) is 5.92 Å². The lowest BCUT2D eigenvalue weighted by molar-refractivity contribution is 0.480. The highest BCUT2D eigenvalue weighted by Crippen LogP contribution is 2.28. The normalized spacial score (nSPS) is 16.6. The summed E-state index contributed by atoms with van der Waals surface area (Å²) in [6.07, 6.45) is 7.33. The molecule has 0 heterocycles. The summed E-state index contributed by atoms with van der Waals surface area (Å²) in [7, 11) is -3.40. The van der Waals surface area contributed by atoms with Crippen LogP contribution in [0.3, 0.4) is 0 Å². The highest BCUT2D eigenvalue weighted by atomic mass is 32.2. The van der Waals surface area contributed by atoms with Gasteiger partial charge in [-0.25, -0.2) is 13.1 Å². The van der Waals surface area contributed by atoms with Crippen molar-refractivity contribution in [2.75, 3.05) is 12.3 Å². The molecule has 0 atom stereocenters. The van der Waals surface area contributed by atoms with Crippen LogP contribution in [0, 0.1) is 12.8 Å². The first-order chi connectivity index (χ1) is 9.49. The third-order valence-corrected chi connectivity index (χ3v) is 5.57. The molecule has 0 saturated heterocycles. The Morgan fingerprint density at radius 2 is 2.00 bits per heavy atom. The van der Waals surface area contributed by atoms with Gasteiger partial charge in [0.1, 0.15) is 0 Å². The molecule has 1 saturated carbocycles. The van der Waals surface area contributed by atoms with E-state index in [1.807, 2.05) is 6.92 Å². The lowest BCUT2D eigenvalue weighted by Gasteiger charge is -2.10. The van der Waals surface area contributed by atoms with Crippen molar-refractivity contribution in [3.63, 3.8) is 0 Å². The molecule has 1 aromatic carbocycles. The van der Waals surface area contributed by atoms with Gasteiger partial charge in [0, 0.05) is 12.2 Å². The van der Waals surface area contributed by atoms with E-state index in [1.165, 1.54) is 25.7 Å². The number of nitrogens with one attached hydrogen (secondary N) is 1. The molecule has 20 heavy (non-hydrogen) atoms. The number of hydrogen-bond donors (Lipinski definition) is 2. The number of nitrogen functional groups attached to an aromatic ring is 1. The maximum Gasteiger partial charge on any atom is 0.240 e. The van der Waals surface area contributed by atoms with E-state index in [0.29, 0.717) is 17.1 Å². The van der Waals surface area contributed by atoms with Gasteiger partial charge in [-0.1, -0.05) is 25.7 Å². The summed E-state index contributed by atoms with van der Waals surface area (Å²) in [4.78, 5) is 0.296. The first kappa shape index (κ1) is 15.3. The van der Waals surface area contributed by atoms with Crippen molar-refractivity contribution >= 4 is 15.7 Å². The van der Waals surface area contributed by atoms with Gasteiger partial charge in [0.25, 0.3) is 0 Å². The average molecular weight is 296 g/mol. The molecule has 0 aromatic heterocycles. The molecule has 1 aliphatic rings. The Morgan fingerprint density at radius 1 is 1.30 bits per heavy atom. The van der Waals surface area contributed by atoms with Crippen LogP contribution < -0.4 is 10.5 Å². The van der Waals surface area contributed by atoms with Crippen molar-refractivity contribution in [1.29, 1.82) is 0 Å².